The first-order chi connectivity index (χ1) is 9.95. The van der Waals surface area contributed by atoms with Crippen molar-refractivity contribution in [2.75, 3.05) is 0 Å². The van der Waals surface area contributed by atoms with E-state index in [0.717, 1.165) is 36.5 Å². The Hall–Kier alpha value is -0.300. The van der Waals surface area contributed by atoms with Crippen LogP contribution in [0.5, 0.6) is 0 Å². The number of aliphatic hydroxyl groups is 1. The largest absolute Gasteiger partial charge is 0.393 e. The number of allylic oxidation sites excluding steroid dienone is 2. The summed E-state index contributed by atoms with van der Waals surface area (Å²) in [7, 11) is 0. The average molecular weight is 288 g/mol. The lowest BCUT2D eigenvalue weighted by Crippen LogP contribution is -2.48. The first-order valence-electron chi connectivity index (χ1n) is 9.34. The van der Waals surface area contributed by atoms with E-state index < -0.39 is 0 Å². The monoisotopic (exact) mass is 288 g/mol. The predicted molar refractivity (Wildman–Crippen MR) is 86.9 cm³/mol. The van der Waals surface area contributed by atoms with Crippen LogP contribution in [0.4, 0.5) is 0 Å². The number of fused-ring (bicyclic) bond motifs is 5. The molecule has 0 aliphatic heterocycles. The maximum Gasteiger partial charge on any atom is 0.0543 e. The molecule has 1 heteroatoms. The van der Waals surface area contributed by atoms with E-state index in [1.807, 2.05) is 5.57 Å². The van der Waals surface area contributed by atoms with Crippen molar-refractivity contribution in [3.05, 3.63) is 11.6 Å². The van der Waals surface area contributed by atoms with E-state index in [1.165, 1.54) is 38.5 Å². The van der Waals surface area contributed by atoms with Crippen molar-refractivity contribution in [1.82, 2.24) is 0 Å². The Morgan fingerprint density at radius 1 is 1.10 bits per heavy atom. The second-order valence-electron chi connectivity index (χ2n) is 9.18. The smallest absolute Gasteiger partial charge is 0.0543 e. The summed E-state index contributed by atoms with van der Waals surface area (Å²) in [6, 6.07) is 0. The minimum atomic E-state index is -0.0272. The molecular weight excluding hydrogens is 256 g/mol. The third-order valence-corrected chi connectivity index (χ3v) is 8.47. The molecule has 3 fully saturated rings. The van der Waals surface area contributed by atoms with Gasteiger partial charge in [0.25, 0.3) is 0 Å². The zero-order chi connectivity index (χ0) is 14.8. The van der Waals surface area contributed by atoms with Gasteiger partial charge in [-0.2, -0.15) is 0 Å². The Morgan fingerprint density at radius 3 is 2.71 bits per heavy atom. The molecule has 21 heavy (non-hydrogen) atoms. The molecule has 4 aliphatic carbocycles. The van der Waals surface area contributed by atoms with E-state index in [-0.39, 0.29) is 6.10 Å². The topological polar surface area (TPSA) is 20.2 Å². The second kappa shape index (κ2) is 4.60. The fourth-order valence-electron chi connectivity index (χ4n) is 6.75. The number of hydrogen-bond acceptors (Lipinski definition) is 1. The molecule has 0 bridgehead atoms. The van der Waals surface area contributed by atoms with E-state index in [4.69, 9.17) is 0 Å². The highest BCUT2D eigenvalue weighted by atomic mass is 16.3. The minimum absolute atomic E-state index is 0.0272. The third kappa shape index (κ3) is 1.85. The molecule has 0 aromatic heterocycles. The van der Waals surface area contributed by atoms with Gasteiger partial charge in [0.1, 0.15) is 0 Å². The minimum Gasteiger partial charge on any atom is -0.393 e. The van der Waals surface area contributed by atoms with Gasteiger partial charge in [0, 0.05) is 0 Å². The molecular formula is C20H32O. The molecule has 2 unspecified atom stereocenters. The van der Waals surface area contributed by atoms with E-state index >= 15 is 0 Å². The lowest BCUT2D eigenvalue weighted by molar-refractivity contribution is -0.0111. The fourth-order valence-corrected chi connectivity index (χ4v) is 6.75. The Bertz CT molecular complexity index is 466. The van der Waals surface area contributed by atoms with Gasteiger partial charge in [0.05, 0.1) is 6.10 Å². The molecule has 0 radical (unpaired) electrons. The van der Waals surface area contributed by atoms with Crippen molar-refractivity contribution in [3.8, 4) is 0 Å². The summed E-state index contributed by atoms with van der Waals surface area (Å²) < 4.78 is 0. The number of hydrogen-bond donors (Lipinski definition) is 1. The molecule has 0 saturated heterocycles. The van der Waals surface area contributed by atoms with Crippen LogP contribution < -0.4 is 0 Å². The molecule has 7 atom stereocenters. The van der Waals surface area contributed by atoms with E-state index in [2.05, 4.69) is 26.8 Å². The van der Waals surface area contributed by atoms with Crippen LogP contribution in [0, 0.1) is 34.5 Å². The van der Waals surface area contributed by atoms with Crippen molar-refractivity contribution >= 4 is 0 Å². The molecule has 1 N–H and O–H groups in total. The van der Waals surface area contributed by atoms with Crippen LogP contribution in [0.15, 0.2) is 11.6 Å². The first kappa shape index (κ1) is 14.3. The predicted octanol–water partition coefficient (Wildman–Crippen LogP) is 4.95. The van der Waals surface area contributed by atoms with Crippen LogP contribution in [-0.4, -0.2) is 11.2 Å². The Morgan fingerprint density at radius 2 is 1.90 bits per heavy atom. The van der Waals surface area contributed by atoms with E-state index in [1.54, 1.807) is 0 Å². The van der Waals surface area contributed by atoms with Crippen molar-refractivity contribution in [3.63, 3.8) is 0 Å². The standard InChI is InChI=1S/C20H32O/c1-13-4-7-17-16-6-5-14-12-15(21)8-10-20(14,3)18(16)9-11-19(13,17)2/h9,13-17,21H,4-8,10-12H2,1-3H3/t13-,14+,15+,16?,17?,19+,20-/m0/s1. The van der Waals surface area contributed by atoms with Crippen LogP contribution in [0.25, 0.3) is 0 Å². The highest BCUT2D eigenvalue weighted by Crippen LogP contribution is 2.65. The highest BCUT2D eigenvalue weighted by molar-refractivity contribution is 5.28. The van der Waals surface area contributed by atoms with Gasteiger partial charge in [0.15, 0.2) is 0 Å². The molecule has 0 amide bonds. The SMILES string of the molecule is C[C@H]1CCC2C3CC[C@@H]4C[C@H](O)CC[C@]4(C)C3=CC[C@@]21C. The van der Waals surface area contributed by atoms with Gasteiger partial charge >= 0.3 is 0 Å². The molecule has 0 aromatic carbocycles. The van der Waals surface area contributed by atoms with Crippen LogP contribution in [-0.2, 0) is 0 Å². The summed E-state index contributed by atoms with van der Waals surface area (Å²) in [4.78, 5) is 0. The second-order valence-corrected chi connectivity index (χ2v) is 9.18. The fraction of sp³-hybridized carbons (Fsp3) is 0.900. The van der Waals surface area contributed by atoms with E-state index in [0.29, 0.717) is 10.8 Å². The van der Waals surface area contributed by atoms with Gasteiger partial charge in [-0.05, 0) is 85.9 Å². The Labute approximate surface area is 130 Å². The third-order valence-electron chi connectivity index (χ3n) is 8.47. The summed E-state index contributed by atoms with van der Waals surface area (Å²) in [5.41, 5.74) is 2.81. The molecule has 4 aliphatic rings. The van der Waals surface area contributed by atoms with Gasteiger partial charge < -0.3 is 5.11 Å². The van der Waals surface area contributed by atoms with Crippen LogP contribution in [0.3, 0.4) is 0 Å². The molecule has 1 nitrogen and oxygen atoms in total. The van der Waals surface area contributed by atoms with Gasteiger partial charge in [-0.15, -0.1) is 0 Å². The van der Waals surface area contributed by atoms with E-state index in [9.17, 15) is 5.11 Å². The van der Waals surface area contributed by atoms with Crippen LogP contribution >= 0.6 is 0 Å². The summed E-state index contributed by atoms with van der Waals surface area (Å²) >= 11 is 0. The van der Waals surface area contributed by atoms with Gasteiger partial charge in [0.2, 0.25) is 0 Å². The molecule has 0 aromatic rings. The van der Waals surface area contributed by atoms with Crippen LogP contribution in [0.2, 0.25) is 0 Å². The zero-order valence-electron chi connectivity index (χ0n) is 14.1. The normalized spacial score (nSPS) is 56.2. The van der Waals surface area contributed by atoms with Crippen molar-refractivity contribution < 1.29 is 5.11 Å². The summed E-state index contributed by atoms with van der Waals surface area (Å²) in [6.45, 7) is 7.59. The lowest BCUT2D eigenvalue weighted by Gasteiger charge is -2.56. The molecule has 118 valence electrons. The van der Waals surface area contributed by atoms with Gasteiger partial charge in [-0.25, -0.2) is 0 Å². The highest BCUT2D eigenvalue weighted by Gasteiger charge is 2.56. The zero-order valence-corrected chi connectivity index (χ0v) is 14.1. The molecule has 0 heterocycles. The maximum atomic E-state index is 10.1. The summed E-state index contributed by atoms with van der Waals surface area (Å²) in [6.07, 6.45) is 12.9. The van der Waals surface area contributed by atoms with Crippen molar-refractivity contribution in [1.29, 1.82) is 0 Å². The van der Waals surface area contributed by atoms with Crippen molar-refractivity contribution in [2.24, 2.45) is 34.5 Å². The quantitative estimate of drug-likeness (QED) is 0.626. The Balaban J connectivity index is 1.69. The van der Waals surface area contributed by atoms with Crippen molar-refractivity contribution in [2.45, 2.75) is 78.2 Å². The average Bonchev–Trinajstić information content (AvgIpc) is 2.76. The molecule has 0 spiro atoms. The van der Waals surface area contributed by atoms with Crippen LogP contribution in [0.1, 0.15) is 72.1 Å². The van der Waals surface area contributed by atoms with Gasteiger partial charge in [-0.3, -0.25) is 0 Å². The lowest BCUT2D eigenvalue weighted by atomic mass is 9.49. The number of aliphatic hydroxyl groups excluding tert-OH is 1. The molecule has 4 rings (SSSR count). The maximum absolute atomic E-state index is 10.1. The summed E-state index contributed by atoms with van der Waals surface area (Å²) in [5, 5.41) is 10.1. The first-order valence-corrected chi connectivity index (χ1v) is 9.34. The van der Waals surface area contributed by atoms with Gasteiger partial charge in [-0.1, -0.05) is 32.4 Å². The molecule has 3 saturated carbocycles. The Kier molecular flexibility index (Phi) is 3.13. The summed E-state index contributed by atoms with van der Waals surface area (Å²) in [5.74, 6) is 3.45. The number of rotatable bonds is 0.